The standard InChI is InChI=1S/C14H22ClFN2O2S/c1-4-18(21(3,19)20)9-5-8-17-11(2)12-6-7-13(15)14(16)10-12/h6-7,10-11,17H,4-5,8-9H2,1-3H3. The molecule has 4 nitrogen and oxygen atoms in total. The van der Waals surface area contributed by atoms with E-state index in [9.17, 15) is 12.8 Å². The molecular formula is C14H22ClFN2O2S. The maximum atomic E-state index is 13.4. The van der Waals surface area contributed by atoms with Gasteiger partial charge in [0.05, 0.1) is 11.3 Å². The van der Waals surface area contributed by atoms with Gasteiger partial charge in [-0.25, -0.2) is 17.1 Å². The predicted molar refractivity (Wildman–Crippen MR) is 84.5 cm³/mol. The van der Waals surface area contributed by atoms with Crippen LogP contribution in [0, 0.1) is 5.82 Å². The number of halogens is 2. The minimum atomic E-state index is -3.14. The van der Waals surface area contributed by atoms with Gasteiger partial charge in [0.15, 0.2) is 0 Å². The van der Waals surface area contributed by atoms with Crippen LogP contribution in [-0.4, -0.2) is 38.6 Å². The van der Waals surface area contributed by atoms with Crippen molar-refractivity contribution in [3.8, 4) is 0 Å². The van der Waals surface area contributed by atoms with Crippen molar-refractivity contribution in [3.63, 3.8) is 0 Å². The van der Waals surface area contributed by atoms with Gasteiger partial charge in [0.1, 0.15) is 5.82 Å². The molecule has 0 spiro atoms. The zero-order chi connectivity index (χ0) is 16.0. The van der Waals surface area contributed by atoms with Crippen molar-refractivity contribution in [1.82, 2.24) is 9.62 Å². The second kappa shape index (κ2) is 8.08. The third kappa shape index (κ3) is 5.90. The molecule has 0 bridgehead atoms. The van der Waals surface area contributed by atoms with E-state index in [0.29, 0.717) is 26.1 Å². The second-order valence-electron chi connectivity index (χ2n) is 4.96. The van der Waals surface area contributed by atoms with Crippen LogP contribution < -0.4 is 5.32 Å². The van der Waals surface area contributed by atoms with Crippen molar-refractivity contribution in [1.29, 1.82) is 0 Å². The molecule has 1 unspecified atom stereocenters. The summed E-state index contributed by atoms with van der Waals surface area (Å²) in [5, 5.41) is 3.35. The number of hydrogen-bond donors (Lipinski definition) is 1. The van der Waals surface area contributed by atoms with E-state index in [2.05, 4.69) is 5.32 Å². The molecule has 21 heavy (non-hydrogen) atoms. The molecular weight excluding hydrogens is 315 g/mol. The fraction of sp³-hybridized carbons (Fsp3) is 0.571. The first-order valence-corrected chi connectivity index (χ1v) is 9.11. The smallest absolute Gasteiger partial charge is 0.211 e. The van der Waals surface area contributed by atoms with E-state index in [0.717, 1.165) is 5.56 Å². The van der Waals surface area contributed by atoms with Crippen LogP contribution in [0.25, 0.3) is 0 Å². The summed E-state index contributed by atoms with van der Waals surface area (Å²) in [6, 6.07) is 4.70. The summed E-state index contributed by atoms with van der Waals surface area (Å²) >= 11 is 5.65. The number of nitrogens with one attached hydrogen (secondary N) is 1. The van der Waals surface area contributed by atoms with Crippen LogP contribution in [0.2, 0.25) is 5.02 Å². The van der Waals surface area contributed by atoms with Gasteiger partial charge in [-0.15, -0.1) is 0 Å². The summed E-state index contributed by atoms with van der Waals surface area (Å²) in [6.07, 6.45) is 1.91. The van der Waals surface area contributed by atoms with Crippen LogP contribution >= 0.6 is 11.6 Å². The monoisotopic (exact) mass is 336 g/mol. The molecule has 0 aliphatic carbocycles. The molecule has 0 saturated heterocycles. The van der Waals surface area contributed by atoms with Crippen LogP contribution in [0.1, 0.15) is 31.9 Å². The number of sulfonamides is 1. The predicted octanol–water partition coefficient (Wildman–Crippen LogP) is 2.80. The molecule has 0 saturated carbocycles. The fourth-order valence-electron chi connectivity index (χ4n) is 2.03. The summed E-state index contributed by atoms with van der Waals surface area (Å²) in [7, 11) is -3.14. The average molecular weight is 337 g/mol. The lowest BCUT2D eigenvalue weighted by molar-refractivity contribution is 0.413. The first-order chi connectivity index (χ1) is 9.75. The highest BCUT2D eigenvalue weighted by atomic mass is 35.5. The Morgan fingerprint density at radius 1 is 1.43 bits per heavy atom. The normalized spacial score (nSPS) is 13.6. The van der Waals surface area contributed by atoms with Crippen molar-refractivity contribution >= 4 is 21.6 Å². The fourth-order valence-corrected chi connectivity index (χ4v) is 3.08. The average Bonchev–Trinajstić information content (AvgIpc) is 2.40. The molecule has 0 fully saturated rings. The SMILES string of the molecule is CCN(CCCNC(C)c1ccc(Cl)c(F)c1)S(C)(=O)=O. The van der Waals surface area contributed by atoms with E-state index in [-0.39, 0.29) is 11.1 Å². The van der Waals surface area contributed by atoms with E-state index in [1.807, 2.05) is 13.8 Å². The zero-order valence-electron chi connectivity index (χ0n) is 12.6. The zero-order valence-corrected chi connectivity index (χ0v) is 14.1. The van der Waals surface area contributed by atoms with Crippen molar-refractivity contribution in [2.24, 2.45) is 0 Å². The lowest BCUT2D eigenvalue weighted by Crippen LogP contribution is -2.32. The third-order valence-electron chi connectivity index (χ3n) is 3.30. The van der Waals surface area contributed by atoms with Gasteiger partial charge in [-0.05, 0) is 37.6 Å². The summed E-state index contributed by atoms with van der Waals surface area (Å²) in [4.78, 5) is 0. The van der Waals surface area contributed by atoms with Gasteiger partial charge >= 0.3 is 0 Å². The Morgan fingerprint density at radius 3 is 2.62 bits per heavy atom. The Morgan fingerprint density at radius 2 is 2.10 bits per heavy atom. The summed E-state index contributed by atoms with van der Waals surface area (Å²) < 4.78 is 37.7. The number of hydrogen-bond acceptors (Lipinski definition) is 3. The highest BCUT2D eigenvalue weighted by Crippen LogP contribution is 2.19. The Bertz CT molecular complexity index is 566. The molecule has 7 heteroatoms. The third-order valence-corrected chi connectivity index (χ3v) is 4.99. The second-order valence-corrected chi connectivity index (χ2v) is 7.35. The lowest BCUT2D eigenvalue weighted by atomic mass is 10.1. The summed E-state index contributed by atoms with van der Waals surface area (Å²) in [5.74, 6) is -0.433. The van der Waals surface area contributed by atoms with Crippen LogP contribution in [0.5, 0.6) is 0 Å². The Hall–Kier alpha value is -0.690. The van der Waals surface area contributed by atoms with Gasteiger partial charge in [0, 0.05) is 19.1 Å². The molecule has 1 aromatic carbocycles. The largest absolute Gasteiger partial charge is 0.310 e. The maximum absolute atomic E-state index is 13.4. The minimum absolute atomic E-state index is 0.0231. The maximum Gasteiger partial charge on any atom is 0.211 e. The van der Waals surface area contributed by atoms with Crippen LogP contribution in [0.3, 0.4) is 0 Å². The first-order valence-electron chi connectivity index (χ1n) is 6.89. The van der Waals surface area contributed by atoms with Crippen molar-refractivity contribution in [3.05, 3.63) is 34.6 Å². The van der Waals surface area contributed by atoms with E-state index >= 15 is 0 Å². The summed E-state index contributed by atoms with van der Waals surface area (Å²) in [5.41, 5.74) is 0.812. The molecule has 0 aliphatic heterocycles. The van der Waals surface area contributed by atoms with Crippen LogP contribution in [0.4, 0.5) is 4.39 Å². The van der Waals surface area contributed by atoms with Gasteiger partial charge in [-0.2, -0.15) is 0 Å². The molecule has 1 atom stereocenters. The van der Waals surface area contributed by atoms with Gasteiger partial charge in [0.25, 0.3) is 0 Å². The van der Waals surface area contributed by atoms with Crippen molar-refractivity contribution in [2.45, 2.75) is 26.3 Å². The number of benzene rings is 1. The lowest BCUT2D eigenvalue weighted by Gasteiger charge is -2.19. The Labute approximate surface area is 131 Å². The van der Waals surface area contributed by atoms with Gasteiger partial charge in [0.2, 0.25) is 10.0 Å². The van der Waals surface area contributed by atoms with Gasteiger partial charge < -0.3 is 5.32 Å². The van der Waals surface area contributed by atoms with E-state index in [1.165, 1.54) is 22.7 Å². The van der Waals surface area contributed by atoms with Crippen LogP contribution in [-0.2, 0) is 10.0 Å². The molecule has 1 N–H and O–H groups in total. The minimum Gasteiger partial charge on any atom is -0.310 e. The Balaban J connectivity index is 2.43. The topological polar surface area (TPSA) is 49.4 Å². The number of nitrogens with zero attached hydrogens (tertiary/aromatic N) is 1. The highest BCUT2D eigenvalue weighted by Gasteiger charge is 2.13. The quantitative estimate of drug-likeness (QED) is 0.743. The van der Waals surface area contributed by atoms with E-state index in [1.54, 1.807) is 6.07 Å². The molecule has 0 aromatic heterocycles. The summed E-state index contributed by atoms with van der Waals surface area (Å²) in [6.45, 7) is 5.34. The molecule has 1 aromatic rings. The van der Waals surface area contributed by atoms with Crippen LogP contribution in [0.15, 0.2) is 18.2 Å². The highest BCUT2D eigenvalue weighted by molar-refractivity contribution is 7.88. The molecule has 0 radical (unpaired) electrons. The van der Waals surface area contributed by atoms with Gasteiger partial charge in [-0.1, -0.05) is 24.6 Å². The van der Waals surface area contributed by atoms with Crippen molar-refractivity contribution < 1.29 is 12.8 Å². The van der Waals surface area contributed by atoms with E-state index in [4.69, 9.17) is 11.6 Å². The van der Waals surface area contributed by atoms with Gasteiger partial charge in [-0.3, -0.25) is 0 Å². The molecule has 1 rings (SSSR count). The molecule has 120 valence electrons. The molecule has 0 amide bonds. The van der Waals surface area contributed by atoms with E-state index < -0.39 is 15.8 Å². The molecule has 0 heterocycles. The first kappa shape index (κ1) is 18.4. The molecule has 0 aliphatic rings. The Kier molecular flexibility index (Phi) is 7.06. The van der Waals surface area contributed by atoms with Crippen molar-refractivity contribution in [2.75, 3.05) is 25.9 Å². The number of rotatable bonds is 8.